The molecule has 0 spiro atoms. The molecule has 0 aromatic heterocycles. The van der Waals surface area contributed by atoms with Gasteiger partial charge in [-0.25, -0.2) is 8.78 Å². The molecule has 1 unspecified atom stereocenters. The fraction of sp³-hybridized carbons (Fsp3) is 0.700. The van der Waals surface area contributed by atoms with Crippen molar-refractivity contribution >= 4 is 0 Å². The Hall–Kier alpha value is -1.12. The zero-order valence-electron chi connectivity index (χ0n) is 16.6. The van der Waals surface area contributed by atoms with Gasteiger partial charge in [0.25, 0.3) is 0 Å². The number of hydrogen-bond acceptors (Lipinski definition) is 5. The second-order valence-electron chi connectivity index (χ2n) is 8.00. The van der Waals surface area contributed by atoms with Crippen molar-refractivity contribution in [3.63, 3.8) is 0 Å². The standard InChI is InChI=1S/C20H32F2N2O3/c1-20(2,3)27-15-18(25)14-24(7-6-23-8-10-26-11-9-23)13-16-4-5-17(21)12-19(16)22/h4-5,12,18,25H,6-11,13-15H2,1-3H3. The van der Waals surface area contributed by atoms with Crippen LogP contribution in [0.3, 0.4) is 0 Å². The lowest BCUT2D eigenvalue weighted by atomic mass is 10.1. The van der Waals surface area contributed by atoms with E-state index in [0.717, 1.165) is 25.7 Å². The number of nitrogens with zero attached hydrogens (tertiary/aromatic N) is 2. The van der Waals surface area contributed by atoms with Crippen LogP contribution < -0.4 is 0 Å². The van der Waals surface area contributed by atoms with Gasteiger partial charge in [0.15, 0.2) is 0 Å². The third-order valence-electron chi connectivity index (χ3n) is 4.42. The Morgan fingerprint density at radius 1 is 1.26 bits per heavy atom. The van der Waals surface area contributed by atoms with E-state index in [1.807, 2.05) is 25.7 Å². The SMILES string of the molecule is CC(C)(C)OCC(O)CN(CCN1CCOCC1)Cc1ccc(F)cc1F. The summed E-state index contributed by atoms with van der Waals surface area (Å²) in [6, 6.07) is 3.62. The highest BCUT2D eigenvalue weighted by molar-refractivity contribution is 5.18. The van der Waals surface area contributed by atoms with Gasteiger partial charge in [0.2, 0.25) is 0 Å². The number of morpholine rings is 1. The van der Waals surface area contributed by atoms with Crippen LogP contribution in [0.15, 0.2) is 18.2 Å². The molecule has 0 aliphatic carbocycles. The maximum Gasteiger partial charge on any atom is 0.130 e. The van der Waals surface area contributed by atoms with Crippen LogP contribution in [-0.2, 0) is 16.0 Å². The first-order chi connectivity index (χ1) is 12.7. The van der Waals surface area contributed by atoms with Crippen molar-refractivity contribution in [3.8, 4) is 0 Å². The molecule has 1 saturated heterocycles. The average Bonchev–Trinajstić information content (AvgIpc) is 2.60. The predicted molar refractivity (Wildman–Crippen MR) is 101 cm³/mol. The summed E-state index contributed by atoms with van der Waals surface area (Å²) >= 11 is 0. The molecule has 1 fully saturated rings. The molecule has 1 atom stereocenters. The summed E-state index contributed by atoms with van der Waals surface area (Å²) in [5.74, 6) is -1.15. The highest BCUT2D eigenvalue weighted by atomic mass is 19.1. The first-order valence-electron chi connectivity index (χ1n) is 9.51. The summed E-state index contributed by atoms with van der Waals surface area (Å²) in [5.41, 5.74) is 0.0881. The average molecular weight is 386 g/mol. The summed E-state index contributed by atoms with van der Waals surface area (Å²) in [6.45, 7) is 11.3. The molecular formula is C20H32F2N2O3. The number of halogens is 2. The third kappa shape index (κ3) is 8.62. The largest absolute Gasteiger partial charge is 0.389 e. The lowest BCUT2D eigenvalue weighted by Crippen LogP contribution is -2.43. The molecule has 0 amide bonds. The lowest BCUT2D eigenvalue weighted by molar-refractivity contribution is -0.0575. The number of aliphatic hydroxyl groups excluding tert-OH is 1. The Kier molecular flexibility index (Phi) is 8.57. The minimum Gasteiger partial charge on any atom is -0.389 e. The van der Waals surface area contributed by atoms with Crippen molar-refractivity contribution in [1.82, 2.24) is 9.80 Å². The van der Waals surface area contributed by atoms with Crippen LogP contribution in [0.5, 0.6) is 0 Å². The zero-order chi connectivity index (χ0) is 19.9. The number of ether oxygens (including phenoxy) is 2. The second kappa shape index (κ2) is 10.4. The topological polar surface area (TPSA) is 45.2 Å². The van der Waals surface area contributed by atoms with Crippen LogP contribution in [0.1, 0.15) is 26.3 Å². The molecule has 154 valence electrons. The van der Waals surface area contributed by atoms with Crippen molar-refractivity contribution in [2.24, 2.45) is 0 Å². The predicted octanol–water partition coefficient (Wildman–Crippen LogP) is 2.28. The Balaban J connectivity index is 1.95. The second-order valence-corrected chi connectivity index (χ2v) is 8.00. The summed E-state index contributed by atoms with van der Waals surface area (Å²) in [5, 5.41) is 10.4. The molecule has 27 heavy (non-hydrogen) atoms. The monoisotopic (exact) mass is 386 g/mol. The number of aliphatic hydroxyl groups is 1. The first-order valence-corrected chi connectivity index (χ1v) is 9.51. The summed E-state index contributed by atoms with van der Waals surface area (Å²) in [6.07, 6.45) is -0.683. The van der Waals surface area contributed by atoms with Gasteiger partial charge in [-0.05, 0) is 26.8 Å². The van der Waals surface area contributed by atoms with Gasteiger partial charge in [0.1, 0.15) is 11.6 Å². The Bertz CT molecular complexity index is 575. The number of benzene rings is 1. The minimum absolute atomic E-state index is 0.212. The molecular weight excluding hydrogens is 354 g/mol. The van der Waals surface area contributed by atoms with Gasteiger partial charge >= 0.3 is 0 Å². The van der Waals surface area contributed by atoms with E-state index in [1.165, 1.54) is 12.1 Å². The van der Waals surface area contributed by atoms with E-state index in [-0.39, 0.29) is 12.2 Å². The maximum absolute atomic E-state index is 14.1. The molecule has 0 radical (unpaired) electrons. The van der Waals surface area contributed by atoms with Crippen molar-refractivity contribution in [3.05, 3.63) is 35.4 Å². The quantitative estimate of drug-likeness (QED) is 0.706. The number of hydrogen-bond donors (Lipinski definition) is 1. The van der Waals surface area contributed by atoms with E-state index in [9.17, 15) is 13.9 Å². The normalized spacial score (nSPS) is 17.4. The minimum atomic E-state index is -0.683. The molecule has 1 aliphatic heterocycles. The van der Waals surface area contributed by atoms with Crippen LogP contribution in [0, 0.1) is 11.6 Å². The lowest BCUT2D eigenvalue weighted by Gasteiger charge is -2.31. The van der Waals surface area contributed by atoms with E-state index in [2.05, 4.69) is 4.90 Å². The molecule has 1 aromatic rings. The molecule has 1 aliphatic rings. The Labute approximate surface area is 160 Å². The molecule has 5 nitrogen and oxygen atoms in total. The Morgan fingerprint density at radius 2 is 1.96 bits per heavy atom. The van der Waals surface area contributed by atoms with Crippen molar-refractivity contribution < 1.29 is 23.4 Å². The molecule has 0 bridgehead atoms. The van der Waals surface area contributed by atoms with Crippen LogP contribution in [0.4, 0.5) is 8.78 Å². The van der Waals surface area contributed by atoms with Gasteiger partial charge in [-0.3, -0.25) is 9.80 Å². The third-order valence-corrected chi connectivity index (χ3v) is 4.42. The van der Waals surface area contributed by atoms with Crippen LogP contribution >= 0.6 is 0 Å². The summed E-state index contributed by atoms with van der Waals surface area (Å²) in [4.78, 5) is 4.28. The van der Waals surface area contributed by atoms with E-state index < -0.39 is 17.7 Å². The summed E-state index contributed by atoms with van der Waals surface area (Å²) < 4.78 is 38.2. The molecule has 1 N–H and O–H groups in total. The maximum atomic E-state index is 14.1. The van der Waals surface area contributed by atoms with Crippen LogP contribution in [0.25, 0.3) is 0 Å². The van der Waals surface area contributed by atoms with E-state index in [0.29, 0.717) is 38.4 Å². The Morgan fingerprint density at radius 3 is 2.59 bits per heavy atom. The highest BCUT2D eigenvalue weighted by Crippen LogP contribution is 2.14. The molecule has 1 aromatic carbocycles. The molecule has 1 heterocycles. The van der Waals surface area contributed by atoms with E-state index in [1.54, 1.807) is 0 Å². The molecule has 7 heteroatoms. The van der Waals surface area contributed by atoms with Gasteiger partial charge in [-0.1, -0.05) is 6.07 Å². The smallest absolute Gasteiger partial charge is 0.130 e. The van der Waals surface area contributed by atoms with Gasteiger partial charge in [0.05, 0.1) is 31.5 Å². The van der Waals surface area contributed by atoms with Crippen molar-refractivity contribution in [2.75, 3.05) is 52.5 Å². The van der Waals surface area contributed by atoms with Gasteiger partial charge < -0.3 is 14.6 Å². The zero-order valence-corrected chi connectivity index (χ0v) is 16.6. The fourth-order valence-electron chi connectivity index (χ4n) is 2.93. The molecule has 0 saturated carbocycles. The highest BCUT2D eigenvalue weighted by Gasteiger charge is 2.19. The van der Waals surface area contributed by atoms with Gasteiger partial charge in [-0.2, -0.15) is 0 Å². The van der Waals surface area contributed by atoms with Gasteiger partial charge in [-0.15, -0.1) is 0 Å². The van der Waals surface area contributed by atoms with Crippen LogP contribution in [-0.4, -0.2) is 79.2 Å². The van der Waals surface area contributed by atoms with Gasteiger partial charge in [0, 0.05) is 50.9 Å². The van der Waals surface area contributed by atoms with Crippen molar-refractivity contribution in [1.29, 1.82) is 0 Å². The number of rotatable bonds is 9. The fourth-order valence-corrected chi connectivity index (χ4v) is 2.93. The van der Waals surface area contributed by atoms with Crippen LogP contribution in [0.2, 0.25) is 0 Å². The summed E-state index contributed by atoms with van der Waals surface area (Å²) in [7, 11) is 0. The van der Waals surface area contributed by atoms with Crippen molar-refractivity contribution in [2.45, 2.75) is 39.0 Å². The van der Waals surface area contributed by atoms with E-state index in [4.69, 9.17) is 9.47 Å². The molecule has 2 rings (SSSR count). The van der Waals surface area contributed by atoms with E-state index >= 15 is 0 Å². The first kappa shape index (κ1) is 22.2.